The fourth-order valence-electron chi connectivity index (χ4n) is 2.98. The maximum Gasteiger partial charge on any atom is 0.338 e. The molecule has 3 aromatic rings. The Kier molecular flexibility index (Phi) is 7.91. The van der Waals surface area contributed by atoms with Crippen LogP contribution < -0.4 is 14.8 Å². The Balaban J connectivity index is 1.54. The molecule has 34 heavy (non-hydrogen) atoms. The Hall–Kier alpha value is -3.85. The molecule has 3 rings (SSSR count). The molecule has 0 radical (unpaired) electrons. The minimum absolute atomic E-state index is 0.0734. The fourth-order valence-corrected chi connectivity index (χ4v) is 4.03. The molecule has 0 aromatic heterocycles. The molecular formula is C25H26N2O6S. The highest BCUT2D eigenvalue weighted by molar-refractivity contribution is 7.92. The fraction of sp³-hybridized carbons (Fsp3) is 0.200. The molecule has 178 valence electrons. The predicted octanol–water partition coefficient (Wildman–Crippen LogP) is 4.30. The molecule has 0 saturated carbocycles. The van der Waals surface area contributed by atoms with Gasteiger partial charge in [-0.25, -0.2) is 13.2 Å². The first-order valence-electron chi connectivity index (χ1n) is 10.6. The maximum atomic E-state index is 12.6. The molecule has 1 amide bonds. The van der Waals surface area contributed by atoms with Crippen molar-refractivity contribution in [2.24, 2.45) is 0 Å². The van der Waals surface area contributed by atoms with Crippen LogP contribution in [0.3, 0.4) is 0 Å². The summed E-state index contributed by atoms with van der Waals surface area (Å²) in [6.07, 6.45) is 0. The van der Waals surface area contributed by atoms with Crippen molar-refractivity contribution >= 4 is 33.3 Å². The number of carbonyl (C=O) groups excluding carboxylic acids is 2. The predicted molar refractivity (Wildman–Crippen MR) is 130 cm³/mol. The molecule has 0 saturated heterocycles. The number of hydrogen-bond acceptors (Lipinski definition) is 6. The largest absolute Gasteiger partial charge is 0.484 e. The van der Waals surface area contributed by atoms with Gasteiger partial charge in [-0.05, 0) is 92.6 Å². The number of aryl methyl sites for hydroxylation is 2. The second-order valence-corrected chi connectivity index (χ2v) is 9.19. The van der Waals surface area contributed by atoms with E-state index in [1.54, 1.807) is 43.3 Å². The summed E-state index contributed by atoms with van der Waals surface area (Å²) in [4.78, 5) is 23.9. The van der Waals surface area contributed by atoms with Gasteiger partial charge in [-0.15, -0.1) is 0 Å². The lowest BCUT2D eigenvalue weighted by Crippen LogP contribution is -2.20. The molecule has 0 bridgehead atoms. The monoisotopic (exact) mass is 482 g/mol. The van der Waals surface area contributed by atoms with Crippen LogP contribution in [0.4, 0.5) is 11.4 Å². The lowest BCUT2D eigenvalue weighted by Gasteiger charge is -2.11. The Labute approximate surface area is 199 Å². The Morgan fingerprint density at radius 1 is 0.853 bits per heavy atom. The molecule has 0 aliphatic rings. The van der Waals surface area contributed by atoms with Gasteiger partial charge in [-0.3, -0.25) is 9.52 Å². The average Bonchev–Trinajstić information content (AvgIpc) is 2.81. The second kappa shape index (κ2) is 10.8. The molecule has 0 unspecified atom stereocenters. The standard InChI is InChI=1S/C25H26N2O6S/c1-4-32-25(29)19-6-9-20(10-7-19)26-24(28)16-33-22-11-13-23(14-12-22)34(30,31)27-21-8-5-17(2)18(3)15-21/h5-15,27H,4,16H2,1-3H3,(H,26,28). The highest BCUT2D eigenvalue weighted by Crippen LogP contribution is 2.21. The molecule has 0 aliphatic heterocycles. The first kappa shape index (κ1) is 24.8. The van der Waals surface area contributed by atoms with Crippen molar-refractivity contribution < 1.29 is 27.5 Å². The molecular weight excluding hydrogens is 456 g/mol. The van der Waals surface area contributed by atoms with Gasteiger partial charge in [0.05, 0.1) is 17.1 Å². The van der Waals surface area contributed by atoms with Crippen LogP contribution in [0.15, 0.2) is 71.6 Å². The van der Waals surface area contributed by atoms with Crippen LogP contribution in [-0.2, 0) is 19.6 Å². The molecule has 0 heterocycles. The van der Waals surface area contributed by atoms with E-state index in [1.165, 1.54) is 24.3 Å². The van der Waals surface area contributed by atoms with E-state index in [0.29, 0.717) is 22.7 Å². The Bertz CT molecular complexity index is 1270. The SMILES string of the molecule is CCOC(=O)c1ccc(NC(=O)COc2ccc(S(=O)(=O)Nc3ccc(C)c(C)c3)cc2)cc1. The minimum atomic E-state index is -3.76. The molecule has 9 heteroatoms. The summed E-state index contributed by atoms with van der Waals surface area (Å²) < 4.78 is 38.2. The van der Waals surface area contributed by atoms with E-state index < -0.39 is 21.9 Å². The number of esters is 1. The third-order valence-electron chi connectivity index (χ3n) is 4.94. The number of anilines is 2. The minimum Gasteiger partial charge on any atom is -0.484 e. The van der Waals surface area contributed by atoms with E-state index in [1.807, 2.05) is 19.9 Å². The first-order chi connectivity index (χ1) is 16.2. The van der Waals surface area contributed by atoms with Crippen molar-refractivity contribution in [1.82, 2.24) is 0 Å². The molecule has 2 N–H and O–H groups in total. The van der Waals surface area contributed by atoms with E-state index in [4.69, 9.17) is 9.47 Å². The topological polar surface area (TPSA) is 111 Å². The molecule has 0 spiro atoms. The van der Waals surface area contributed by atoms with Gasteiger partial charge in [0.15, 0.2) is 6.61 Å². The average molecular weight is 483 g/mol. The third kappa shape index (κ3) is 6.58. The number of rotatable bonds is 9. The number of hydrogen-bond donors (Lipinski definition) is 2. The van der Waals surface area contributed by atoms with Crippen LogP contribution in [0, 0.1) is 13.8 Å². The molecule has 0 atom stereocenters. The summed E-state index contributed by atoms with van der Waals surface area (Å²) in [5, 5.41) is 2.66. The van der Waals surface area contributed by atoms with E-state index in [2.05, 4.69) is 10.0 Å². The number of amides is 1. The Morgan fingerprint density at radius 2 is 1.50 bits per heavy atom. The summed E-state index contributed by atoms with van der Waals surface area (Å²) in [5.41, 5.74) is 3.42. The van der Waals surface area contributed by atoms with E-state index in [-0.39, 0.29) is 18.1 Å². The highest BCUT2D eigenvalue weighted by atomic mass is 32.2. The lowest BCUT2D eigenvalue weighted by molar-refractivity contribution is -0.118. The summed E-state index contributed by atoms with van der Waals surface area (Å²) in [6, 6.07) is 17.4. The summed E-state index contributed by atoms with van der Waals surface area (Å²) in [7, 11) is -3.76. The van der Waals surface area contributed by atoms with Gasteiger partial charge in [-0.2, -0.15) is 0 Å². The van der Waals surface area contributed by atoms with Gasteiger partial charge in [0.2, 0.25) is 0 Å². The highest BCUT2D eigenvalue weighted by Gasteiger charge is 2.15. The van der Waals surface area contributed by atoms with Crippen LogP contribution in [0.5, 0.6) is 5.75 Å². The van der Waals surface area contributed by atoms with Crippen LogP contribution in [0.2, 0.25) is 0 Å². The van der Waals surface area contributed by atoms with Crippen molar-refractivity contribution in [2.45, 2.75) is 25.7 Å². The van der Waals surface area contributed by atoms with Crippen molar-refractivity contribution in [2.75, 3.05) is 23.3 Å². The smallest absolute Gasteiger partial charge is 0.338 e. The van der Waals surface area contributed by atoms with Gasteiger partial charge in [0, 0.05) is 11.4 Å². The zero-order valence-corrected chi connectivity index (χ0v) is 19.9. The van der Waals surface area contributed by atoms with Gasteiger partial charge in [0.1, 0.15) is 5.75 Å². The quantitative estimate of drug-likeness (QED) is 0.440. The molecule has 8 nitrogen and oxygen atoms in total. The first-order valence-corrected chi connectivity index (χ1v) is 12.1. The second-order valence-electron chi connectivity index (χ2n) is 7.51. The van der Waals surface area contributed by atoms with Crippen molar-refractivity contribution in [1.29, 1.82) is 0 Å². The zero-order chi connectivity index (χ0) is 24.7. The van der Waals surface area contributed by atoms with E-state index in [0.717, 1.165) is 11.1 Å². The summed E-state index contributed by atoms with van der Waals surface area (Å²) in [6.45, 7) is 5.60. The van der Waals surface area contributed by atoms with Crippen molar-refractivity contribution in [3.63, 3.8) is 0 Å². The Morgan fingerprint density at radius 3 is 2.12 bits per heavy atom. The van der Waals surface area contributed by atoms with Gasteiger partial charge in [-0.1, -0.05) is 6.07 Å². The summed E-state index contributed by atoms with van der Waals surface area (Å²) >= 11 is 0. The van der Waals surface area contributed by atoms with Crippen molar-refractivity contribution in [3.05, 3.63) is 83.4 Å². The number of sulfonamides is 1. The van der Waals surface area contributed by atoms with Crippen LogP contribution in [0.25, 0.3) is 0 Å². The normalized spacial score (nSPS) is 10.9. The van der Waals surface area contributed by atoms with Gasteiger partial charge in [0.25, 0.3) is 15.9 Å². The number of benzene rings is 3. The summed E-state index contributed by atoms with van der Waals surface area (Å²) in [5.74, 6) is -0.492. The number of ether oxygens (including phenoxy) is 2. The molecule has 0 aliphatic carbocycles. The van der Waals surface area contributed by atoms with Crippen LogP contribution in [0.1, 0.15) is 28.4 Å². The maximum absolute atomic E-state index is 12.6. The molecule has 3 aromatic carbocycles. The van der Waals surface area contributed by atoms with E-state index >= 15 is 0 Å². The third-order valence-corrected chi connectivity index (χ3v) is 6.34. The van der Waals surface area contributed by atoms with Crippen molar-refractivity contribution in [3.8, 4) is 5.75 Å². The van der Waals surface area contributed by atoms with Crippen LogP contribution in [-0.4, -0.2) is 33.5 Å². The van der Waals surface area contributed by atoms with Gasteiger partial charge < -0.3 is 14.8 Å². The van der Waals surface area contributed by atoms with Gasteiger partial charge >= 0.3 is 5.97 Å². The number of carbonyl (C=O) groups is 2. The lowest BCUT2D eigenvalue weighted by atomic mass is 10.1. The zero-order valence-electron chi connectivity index (χ0n) is 19.1. The number of nitrogens with one attached hydrogen (secondary N) is 2. The van der Waals surface area contributed by atoms with Crippen LogP contribution >= 0.6 is 0 Å². The molecule has 0 fully saturated rings. The van der Waals surface area contributed by atoms with E-state index in [9.17, 15) is 18.0 Å².